The summed E-state index contributed by atoms with van der Waals surface area (Å²) in [7, 11) is 0. The molecule has 2 aromatic heterocycles. The molecule has 0 atom stereocenters. The Morgan fingerprint density at radius 1 is 1.53 bits per heavy atom. The van der Waals surface area contributed by atoms with Crippen LogP contribution in [0.25, 0.3) is 10.3 Å². The van der Waals surface area contributed by atoms with Crippen molar-refractivity contribution in [2.75, 3.05) is 6.61 Å². The molecule has 90 valence electrons. The van der Waals surface area contributed by atoms with E-state index in [0.717, 1.165) is 15.4 Å². The molecule has 0 aromatic carbocycles. The van der Waals surface area contributed by atoms with Crippen LogP contribution in [-0.2, 0) is 14.9 Å². The molecule has 0 radical (unpaired) electrons. The summed E-state index contributed by atoms with van der Waals surface area (Å²) in [5.74, 6) is -0.251. The average Bonchev–Trinajstić information content (AvgIpc) is 2.73. The van der Waals surface area contributed by atoms with E-state index >= 15 is 0 Å². The summed E-state index contributed by atoms with van der Waals surface area (Å²) in [4.78, 5) is 21.4. The Kier molecular flexibility index (Phi) is 3.11. The van der Waals surface area contributed by atoms with Crippen molar-refractivity contribution in [3.8, 4) is 0 Å². The molecule has 0 spiro atoms. The third-order valence-electron chi connectivity index (χ3n) is 2.49. The highest BCUT2D eigenvalue weighted by Gasteiger charge is 2.34. The SMILES string of the molecule is CCOC(=O)C(C)(C)c1nc2cccnc2s1. The molecule has 4 nitrogen and oxygen atoms in total. The Morgan fingerprint density at radius 2 is 2.29 bits per heavy atom. The highest BCUT2D eigenvalue weighted by molar-refractivity contribution is 7.18. The number of carbonyl (C=O) groups excluding carboxylic acids is 1. The summed E-state index contributed by atoms with van der Waals surface area (Å²) in [6, 6.07) is 3.73. The lowest BCUT2D eigenvalue weighted by Crippen LogP contribution is -2.30. The molecule has 0 aliphatic carbocycles. The Labute approximate surface area is 104 Å². The number of fused-ring (bicyclic) bond motifs is 1. The van der Waals surface area contributed by atoms with Crippen LogP contribution in [0.15, 0.2) is 18.3 Å². The maximum Gasteiger partial charge on any atom is 0.318 e. The predicted octanol–water partition coefficient (Wildman–Crippen LogP) is 2.53. The number of thiazole rings is 1. The van der Waals surface area contributed by atoms with E-state index in [2.05, 4.69) is 9.97 Å². The summed E-state index contributed by atoms with van der Waals surface area (Å²) >= 11 is 1.44. The molecule has 0 bridgehead atoms. The highest BCUT2D eigenvalue weighted by atomic mass is 32.1. The Bertz CT molecular complexity index is 515. The first-order valence-corrected chi connectivity index (χ1v) is 6.26. The van der Waals surface area contributed by atoms with Crippen molar-refractivity contribution in [2.45, 2.75) is 26.2 Å². The van der Waals surface area contributed by atoms with Gasteiger partial charge in [-0.15, -0.1) is 0 Å². The molecule has 0 saturated carbocycles. The second-order valence-electron chi connectivity index (χ2n) is 4.19. The number of ether oxygens (including phenoxy) is 1. The summed E-state index contributed by atoms with van der Waals surface area (Å²) in [5.41, 5.74) is 0.103. The fourth-order valence-electron chi connectivity index (χ4n) is 1.44. The maximum atomic E-state index is 11.9. The van der Waals surface area contributed by atoms with Gasteiger partial charge in [0, 0.05) is 6.20 Å². The first-order valence-electron chi connectivity index (χ1n) is 5.45. The third kappa shape index (κ3) is 2.15. The minimum absolute atomic E-state index is 0.251. The lowest BCUT2D eigenvalue weighted by Gasteiger charge is -2.18. The summed E-state index contributed by atoms with van der Waals surface area (Å²) in [5, 5.41) is 0.740. The van der Waals surface area contributed by atoms with E-state index in [-0.39, 0.29) is 5.97 Å². The maximum absolute atomic E-state index is 11.9. The summed E-state index contributed by atoms with van der Waals surface area (Å²) in [6.45, 7) is 5.82. The van der Waals surface area contributed by atoms with Crippen LogP contribution < -0.4 is 0 Å². The van der Waals surface area contributed by atoms with Gasteiger partial charge in [0.05, 0.1) is 6.61 Å². The van der Waals surface area contributed by atoms with Crippen LogP contribution in [0.3, 0.4) is 0 Å². The van der Waals surface area contributed by atoms with Crippen LogP contribution in [0.2, 0.25) is 0 Å². The summed E-state index contributed by atoms with van der Waals surface area (Å²) < 4.78 is 5.06. The second-order valence-corrected chi connectivity index (χ2v) is 5.17. The molecule has 0 fully saturated rings. The monoisotopic (exact) mass is 250 g/mol. The first kappa shape index (κ1) is 12.0. The van der Waals surface area contributed by atoms with E-state index in [0.29, 0.717) is 6.61 Å². The Hall–Kier alpha value is -1.49. The quantitative estimate of drug-likeness (QED) is 0.785. The van der Waals surface area contributed by atoms with Gasteiger partial charge in [-0.3, -0.25) is 4.79 Å². The molecule has 2 aromatic rings. The second kappa shape index (κ2) is 4.41. The topological polar surface area (TPSA) is 52.1 Å². The minimum atomic E-state index is -0.721. The number of nitrogens with zero attached hydrogens (tertiary/aromatic N) is 2. The van der Waals surface area contributed by atoms with Gasteiger partial charge in [0.25, 0.3) is 0 Å². The number of esters is 1. The van der Waals surface area contributed by atoms with Crippen LogP contribution in [0, 0.1) is 0 Å². The van der Waals surface area contributed by atoms with Gasteiger partial charge in [-0.2, -0.15) is 0 Å². The van der Waals surface area contributed by atoms with Crippen molar-refractivity contribution in [1.82, 2.24) is 9.97 Å². The van der Waals surface area contributed by atoms with Gasteiger partial charge in [0.2, 0.25) is 0 Å². The van der Waals surface area contributed by atoms with Gasteiger partial charge in [-0.1, -0.05) is 11.3 Å². The van der Waals surface area contributed by atoms with Crippen molar-refractivity contribution in [3.63, 3.8) is 0 Å². The van der Waals surface area contributed by atoms with Crippen LogP contribution in [0.1, 0.15) is 25.8 Å². The van der Waals surface area contributed by atoms with E-state index < -0.39 is 5.41 Å². The van der Waals surface area contributed by atoms with Crippen molar-refractivity contribution in [3.05, 3.63) is 23.3 Å². The standard InChI is InChI=1S/C12H14N2O2S/c1-4-16-11(15)12(2,3)10-14-8-6-5-7-13-9(8)17-10/h5-7H,4H2,1-3H3. The number of hydrogen-bond acceptors (Lipinski definition) is 5. The molecule has 0 aliphatic heterocycles. The average molecular weight is 250 g/mol. The molecule has 0 N–H and O–H groups in total. The lowest BCUT2D eigenvalue weighted by atomic mass is 9.95. The number of pyridine rings is 1. The minimum Gasteiger partial charge on any atom is -0.465 e. The normalized spacial score (nSPS) is 11.7. The van der Waals surface area contributed by atoms with Gasteiger partial charge in [0.1, 0.15) is 20.8 Å². The van der Waals surface area contributed by atoms with Crippen LogP contribution in [0.4, 0.5) is 0 Å². The largest absolute Gasteiger partial charge is 0.465 e. The molecule has 5 heteroatoms. The fourth-order valence-corrected chi connectivity index (χ4v) is 2.43. The van der Waals surface area contributed by atoms with Gasteiger partial charge in [0.15, 0.2) is 0 Å². The van der Waals surface area contributed by atoms with Gasteiger partial charge >= 0.3 is 5.97 Å². The highest BCUT2D eigenvalue weighted by Crippen LogP contribution is 2.31. The molecule has 2 heterocycles. The zero-order chi connectivity index (χ0) is 12.5. The van der Waals surface area contributed by atoms with Gasteiger partial charge in [-0.05, 0) is 32.9 Å². The Morgan fingerprint density at radius 3 is 2.94 bits per heavy atom. The van der Waals surface area contributed by atoms with E-state index in [1.807, 2.05) is 26.0 Å². The van der Waals surface area contributed by atoms with Crippen LogP contribution >= 0.6 is 11.3 Å². The zero-order valence-corrected chi connectivity index (χ0v) is 10.9. The van der Waals surface area contributed by atoms with E-state index in [1.165, 1.54) is 11.3 Å². The summed E-state index contributed by atoms with van der Waals surface area (Å²) in [6.07, 6.45) is 1.72. The molecule has 2 rings (SSSR count). The van der Waals surface area contributed by atoms with E-state index in [4.69, 9.17) is 4.74 Å². The molecule has 0 amide bonds. The molecule has 0 saturated heterocycles. The van der Waals surface area contributed by atoms with Crippen molar-refractivity contribution >= 4 is 27.7 Å². The van der Waals surface area contributed by atoms with Crippen molar-refractivity contribution in [1.29, 1.82) is 0 Å². The number of hydrogen-bond donors (Lipinski definition) is 0. The lowest BCUT2D eigenvalue weighted by molar-refractivity contribution is -0.148. The zero-order valence-electron chi connectivity index (χ0n) is 10.1. The Balaban J connectivity index is 2.41. The molecule has 0 unspecified atom stereocenters. The van der Waals surface area contributed by atoms with Crippen LogP contribution in [-0.4, -0.2) is 22.5 Å². The third-order valence-corrected chi connectivity index (χ3v) is 3.79. The van der Waals surface area contributed by atoms with Crippen molar-refractivity contribution < 1.29 is 9.53 Å². The first-order chi connectivity index (χ1) is 8.05. The number of rotatable bonds is 3. The molecular formula is C12H14N2O2S. The molecule has 17 heavy (non-hydrogen) atoms. The van der Waals surface area contributed by atoms with E-state index in [9.17, 15) is 4.79 Å². The van der Waals surface area contributed by atoms with Crippen molar-refractivity contribution in [2.24, 2.45) is 0 Å². The number of carbonyl (C=O) groups is 1. The fraction of sp³-hybridized carbons (Fsp3) is 0.417. The van der Waals surface area contributed by atoms with E-state index in [1.54, 1.807) is 13.1 Å². The number of aromatic nitrogens is 2. The van der Waals surface area contributed by atoms with Gasteiger partial charge < -0.3 is 4.74 Å². The van der Waals surface area contributed by atoms with Crippen LogP contribution in [0.5, 0.6) is 0 Å². The molecular weight excluding hydrogens is 236 g/mol. The predicted molar refractivity (Wildman–Crippen MR) is 67.1 cm³/mol. The smallest absolute Gasteiger partial charge is 0.318 e. The van der Waals surface area contributed by atoms with Gasteiger partial charge in [-0.25, -0.2) is 9.97 Å². The molecule has 0 aliphatic rings.